The van der Waals surface area contributed by atoms with E-state index in [4.69, 9.17) is 19.4 Å². The quantitative estimate of drug-likeness (QED) is 0.392. The predicted molar refractivity (Wildman–Crippen MR) is 132 cm³/mol. The van der Waals surface area contributed by atoms with Gasteiger partial charge in [-0.05, 0) is 45.4 Å². The maximum atomic E-state index is 12.8. The standard InChI is InChI=1S/C26H29N3O3S/c1-16-6-9-18(10-7-16)24-28-21-13-26(3,4)32-14-19(21)25(29-24)33-15-23(30)27-20-12-17(2)8-11-22(20)31-5/h6-12H,13-15H2,1-5H3,(H,27,30). The molecule has 0 spiro atoms. The molecule has 0 atom stereocenters. The maximum absolute atomic E-state index is 12.8. The lowest BCUT2D eigenvalue weighted by Crippen LogP contribution is -2.33. The van der Waals surface area contributed by atoms with Gasteiger partial charge in [-0.15, -0.1) is 0 Å². The van der Waals surface area contributed by atoms with Crippen LogP contribution in [0.25, 0.3) is 11.4 Å². The number of nitrogens with zero attached hydrogens (tertiary/aromatic N) is 2. The van der Waals surface area contributed by atoms with Gasteiger partial charge in [0.1, 0.15) is 10.8 Å². The number of ether oxygens (including phenoxy) is 2. The van der Waals surface area contributed by atoms with Gasteiger partial charge in [0.05, 0.1) is 36.5 Å². The van der Waals surface area contributed by atoms with Gasteiger partial charge in [0.25, 0.3) is 0 Å². The Balaban J connectivity index is 1.59. The molecule has 2 heterocycles. The maximum Gasteiger partial charge on any atom is 0.234 e. The molecule has 0 saturated heterocycles. The first kappa shape index (κ1) is 23.3. The fourth-order valence-electron chi connectivity index (χ4n) is 3.71. The number of methoxy groups -OCH3 is 1. The molecule has 0 bridgehead atoms. The molecule has 0 saturated carbocycles. The number of hydrogen-bond donors (Lipinski definition) is 1. The van der Waals surface area contributed by atoms with Crippen LogP contribution < -0.4 is 10.1 Å². The third kappa shape index (κ3) is 5.54. The fourth-order valence-corrected chi connectivity index (χ4v) is 4.55. The molecule has 2 aromatic carbocycles. The first-order valence-corrected chi connectivity index (χ1v) is 11.9. The van der Waals surface area contributed by atoms with Crippen molar-refractivity contribution in [2.45, 2.75) is 51.3 Å². The summed E-state index contributed by atoms with van der Waals surface area (Å²) in [6, 6.07) is 13.9. The van der Waals surface area contributed by atoms with E-state index in [0.717, 1.165) is 27.4 Å². The van der Waals surface area contributed by atoms with Crippen molar-refractivity contribution in [2.24, 2.45) is 0 Å². The number of thioether (sulfide) groups is 1. The van der Waals surface area contributed by atoms with Crippen LogP contribution in [0.4, 0.5) is 5.69 Å². The fraction of sp³-hybridized carbons (Fsp3) is 0.346. The highest BCUT2D eigenvalue weighted by Crippen LogP contribution is 2.34. The molecule has 7 heteroatoms. The van der Waals surface area contributed by atoms with Gasteiger partial charge in [0.2, 0.25) is 5.91 Å². The van der Waals surface area contributed by atoms with E-state index >= 15 is 0 Å². The third-order valence-electron chi connectivity index (χ3n) is 5.53. The Morgan fingerprint density at radius 2 is 1.85 bits per heavy atom. The predicted octanol–water partition coefficient (Wildman–Crippen LogP) is 5.35. The van der Waals surface area contributed by atoms with E-state index < -0.39 is 0 Å². The van der Waals surface area contributed by atoms with E-state index in [0.29, 0.717) is 30.3 Å². The second kappa shape index (κ2) is 9.53. The summed E-state index contributed by atoms with van der Waals surface area (Å²) in [6.45, 7) is 8.61. The number of carbonyl (C=O) groups is 1. The summed E-state index contributed by atoms with van der Waals surface area (Å²) in [4.78, 5) is 22.5. The Morgan fingerprint density at radius 3 is 2.58 bits per heavy atom. The van der Waals surface area contributed by atoms with Crippen LogP contribution in [0, 0.1) is 13.8 Å². The van der Waals surface area contributed by atoms with Crippen LogP contribution in [0.1, 0.15) is 36.2 Å². The molecule has 1 aromatic heterocycles. The molecule has 1 aliphatic rings. The van der Waals surface area contributed by atoms with Crippen LogP contribution in [0.2, 0.25) is 0 Å². The van der Waals surface area contributed by atoms with Gasteiger partial charge in [0, 0.05) is 17.5 Å². The van der Waals surface area contributed by atoms with E-state index in [1.165, 1.54) is 17.3 Å². The van der Waals surface area contributed by atoms with Gasteiger partial charge in [0.15, 0.2) is 5.82 Å². The molecule has 0 unspecified atom stereocenters. The molecular formula is C26H29N3O3S. The van der Waals surface area contributed by atoms with Crippen molar-refractivity contribution in [2.75, 3.05) is 18.2 Å². The molecule has 0 aliphatic carbocycles. The molecule has 1 aliphatic heterocycles. The van der Waals surface area contributed by atoms with E-state index in [9.17, 15) is 4.79 Å². The van der Waals surface area contributed by atoms with E-state index in [1.807, 2.05) is 37.3 Å². The lowest BCUT2D eigenvalue weighted by Gasteiger charge is -2.32. The normalized spacial score (nSPS) is 14.5. The summed E-state index contributed by atoms with van der Waals surface area (Å²) >= 11 is 1.41. The van der Waals surface area contributed by atoms with Crippen molar-refractivity contribution < 1.29 is 14.3 Å². The van der Waals surface area contributed by atoms with Crippen molar-refractivity contribution in [1.29, 1.82) is 0 Å². The monoisotopic (exact) mass is 463 g/mol. The molecule has 4 rings (SSSR count). The molecule has 3 aromatic rings. The Labute approximate surface area is 199 Å². The zero-order chi connectivity index (χ0) is 23.6. The van der Waals surface area contributed by atoms with Gasteiger partial charge in [-0.1, -0.05) is 47.7 Å². The van der Waals surface area contributed by atoms with Gasteiger partial charge in [-0.3, -0.25) is 4.79 Å². The number of amides is 1. The zero-order valence-electron chi connectivity index (χ0n) is 19.7. The molecule has 1 N–H and O–H groups in total. The van der Waals surface area contributed by atoms with Crippen molar-refractivity contribution in [1.82, 2.24) is 9.97 Å². The first-order chi connectivity index (χ1) is 15.7. The van der Waals surface area contributed by atoms with Crippen LogP contribution >= 0.6 is 11.8 Å². The first-order valence-electron chi connectivity index (χ1n) is 10.9. The molecule has 33 heavy (non-hydrogen) atoms. The smallest absolute Gasteiger partial charge is 0.234 e. The number of aryl methyl sites for hydroxylation is 2. The number of benzene rings is 2. The molecule has 172 valence electrons. The Kier molecular flexibility index (Phi) is 6.72. The average molecular weight is 464 g/mol. The minimum atomic E-state index is -0.285. The van der Waals surface area contributed by atoms with Crippen molar-refractivity contribution >= 4 is 23.4 Å². The van der Waals surface area contributed by atoms with E-state index in [2.05, 4.69) is 38.2 Å². The van der Waals surface area contributed by atoms with Crippen LogP contribution in [0.15, 0.2) is 47.5 Å². The highest BCUT2D eigenvalue weighted by atomic mass is 32.2. The number of hydrogen-bond acceptors (Lipinski definition) is 6. The Morgan fingerprint density at radius 1 is 1.12 bits per heavy atom. The van der Waals surface area contributed by atoms with Crippen LogP contribution in [-0.4, -0.2) is 34.3 Å². The van der Waals surface area contributed by atoms with E-state index in [1.54, 1.807) is 7.11 Å². The van der Waals surface area contributed by atoms with Crippen molar-refractivity contribution in [3.63, 3.8) is 0 Å². The topological polar surface area (TPSA) is 73.3 Å². The second-order valence-corrected chi connectivity index (χ2v) is 9.87. The summed E-state index contributed by atoms with van der Waals surface area (Å²) in [5.41, 5.74) is 5.53. The molecule has 6 nitrogen and oxygen atoms in total. The minimum absolute atomic E-state index is 0.120. The molecule has 0 radical (unpaired) electrons. The molecule has 1 amide bonds. The van der Waals surface area contributed by atoms with Gasteiger partial charge >= 0.3 is 0 Å². The van der Waals surface area contributed by atoms with Crippen LogP contribution in [0.5, 0.6) is 5.75 Å². The number of nitrogens with one attached hydrogen (secondary N) is 1. The van der Waals surface area contributed by atoms with Gasteiger partial charge in [-0.25, -0.2) is 9.97 Å². The van der Waals surface area contributed by atoms with Crippen LogP contribution in [0.3, 0.4) is 0 Å². The average Bonchev–Trinajstić information content (AvgIpc) is 2.77. The summed E-state index contributed by atoms with van der Waals surface area (Å²) < 4.78 is 11.4. The summed E-state index contributed by atoms with van der Waals surface area (Å²) in [7, 11) is 1.59. The van der Waals surface area contributed by atoms with Gasteiger partial charge in [-0.2, -0.15) is 0 Å². The molecule has 0 fully saturated rings. The van der Waals surface area contributed by atoms with Crippen LogP contribution in [-0.2, 0) is 22.6 Å². The minimum Gasteiger partial charge on any atom is -0.495 e. The number of rotatable bonds is 6. The Hall–Kier alpha value is -2.90. The molecular weight excluding hydrogens is 434 g/mol. The SMILES string of the molecule is COc1ccc(C)cc1NC(=O)CSc1nc(-c2ccc(C)cc2)nc2c1COC(C)(C)C2. The summed E-state index contributed by atoms with van der Waals surface area (Å²) in [6.07, 6.45) is 0.698. The highest BCUT2D eigenvalue weighted by molar-refractivity contribution is 8.00. The number of fused-ring (bicyclic) bond motifs is 1. The lowest BCUT2D eigenvalue weighted by atomic mass is 9.96. The van der Waals surface area contributed by atoms with Gasteiger partial charge < -0.3 is 14.8 Å². The Bertz CT molecular complexity index is 1180. The third-order valence-corrected chi connectivity index (χ3v) is 6.55. The largest absolute Gasteiger partial charge is 0.495 e. The zero-order valence-corrected chi connectivity index (χ0v) is 20.5. The summed E-state index contributed by atoms with van der Waals surface area (Å²) in [5.74, 6) is 1.41. The number of carbonyl (C=O) groups excluding carboxylic acids is 1. The van der Waals surface area contributed by atoms with Crippen molar-refractivity contribution in [3.05, 3.63) is 64.8 Å². The lowest BCUT2D eigenvalue weighted by molar-refractivity contribution is -0.113. The number of aromatic nitrogens is 2. The van der Waals surface area contributed by atoms with E-state index in [-0.39, 0.29) is 17.3 Å². The van der Waals surface area contributed by atoms with Crippen molar-refractivity contribution in [3.8, 4) is 17.1 Å². The number of anilines is 1. The highest BCUT2D eigenvalue weighted by Gasteiger charge is 2.30. The summed E-state index contributed by atoms with van der Waals surface area (Å²) in [5, 5.41) is 3.75. The second-order valence-electron chi connectivity index (χ2n) is 8.91.